The van der Waals surface area contributed by atoms with E-state index in [2.05, 4.69) is 32.2 Å². The van der Waals surface area contributed by atoms with E-state index >= 15 is 0 Å². The van der Waals surface area contributed by atoms with Crippen LogP contribution in [0.4, 0.5) is 5.00 Å². The molecule has 2 N–H and O–H groups in total. The van der Waals surface area contributed by atoms with Gasteiger partial charge in [-0.25, -0.2) is 0 Å². The largest absolute Gasteiger partial charge is 0.490 e. The van der Waals surface area contributed by atoms with Crippen molar-refractivity contribution in [3.8, 4) is 11.8 Å². The van der Waals surface area contributed by atoms with Crippen molar-refractivity contribution in [2.24, 2.45) is 11.3 Å². The van der Waals surface area contributed by atoms with Gasteiger partial charge in [-0.1, -0.05) is 32.9 Å². The number of fused-ring (bicyclic) bond motifs is 2. The summed E-state index contributed by atoms with van der Waals surface area (Å²) in [7, 11) is 0. The molecule has 0 bridgehead atoms. The minimum Gasteiger partial charge on any atom is -0.490 e. The van der Waals surface area contributed by atoms with Crippen LogP contribution in [0, 0.1) is 28.1 Å². The van der Waals surface area contributed by atoms with Crippen molar-refractivity contribution in [2.75, 3.05) is 11.9 Å². The maximum Gasteiger partial charge on any atom is 0.261 e. The normalized spacial score (nSPS) is 15.8. The first-order valence-corrected chi connectivity index (χ1v) is 11.6. The molecule has 1 atom stereocenters. The van der Waals surface area contributed by atoms with Crippen LogP contribution in [0.3, 0.4) is 0 Å². The molecule has 1 amide bonds. The van der Waals surface area contributed by atoms with Crippen LogP contribution < -0.4 is 15.6 Å². The Morgan fingerprint density at radius 2 is 2.19 bits per heavy atom. The molecule has 32 heavy (non-hydrogen) atoms. The quantitative estimate of drug-likeness (QED) is 0.538. The lowest BCUT2D eigenvalue weighted by atomic mass is 9.72. The highest BCUT2D eigenvalue weighted by atomic mass is 32.1. The summed E-state index contributed by atoms with van der Waals surface area (Å²) in [6.07, 6.45) is 2.81. The standard InChI is InChI=1S/C25H27N3O3S/c1-5-30-19-8-6-7-14-11-17(22(27)31-21(14)19)23(29)28-24-18(13-26)16-10-9-15(25(2,3)4)12-20(16)32-24/h6-8,11,15,27H,5,9-10,12H2,1-4H3,(H,28,29). The molecule has 2 heterocycles. The zero-order chi connectivity index (χ0) is 23.0. The number of nitrogens with zero attached hydrogens (tertiary/aromatic N) is 1. The first kappa shape index (κ1) is 22.1. The highest BCUT2D eigenvalue weighted by Crippen LogP contribution is 2.44. The number of thiophene rings is 1. The van der Waals surface area contributed by atoms with Crippen LogP contribution in [0.1, 0.15) is 60.5 Å². The van der Waals surface area contributed by atoms with Gasteiger partial charge in [0.25, 0.3) is 5.91 Å². The van der Waals surface area contributed by atoms with Crippen LogP contribution in [-0.2, 0) is 12.8 Å². The second-order valence-corrected chi connectivity index (χ2v) is 10.3. The average molecular weight is 450 g/mol. The number of rotatable bonds is 4. The third kappa shape index (κ3) is 4.03. The maximum absolute atomic E-state index is 13.1. The van der Waals surface area contributed by atoms with E-state index in [1.54, 1.807) is 12.1 Å². The second-order valence-electron chi connectivity index (χ2n) is 9.18. The minimum absolute atomic E-state index is 0.119. The van der Waals surface area contributed by atoms with E-state index < -0.39 is 5.91 Å². The molecule has 2 aromatic heterocycles. The van der Waals surface area contributed by atoms with Gasteiger partial charge >= 0.3 is 0 Å². The summed E-state index contributed by atoms with van der Waals surface area (Å²) in [5, 5.41) is 22.2. The molecule has 166 valence electrons. The van der Waals surface area contributed by atoms with Crippen molar-refractivity contribution in [2.45, 2.75) is 47.0 Å². The molecule has 0 spiro atoms. The van der Waals surface area contributed by atoms with Crippen LogP contribution in [0.15, 0.2) is 28.7 Å². The smallest absolute Gasteiger partial charge is 0.261 e. The molecule has 3 aromatic rings. The Labute approximate surface area is 191 Å². The van der Waals surface area contributed by atoms with E-state index in [0.717, 1.165) is 24.8 Å². The molecule has 1 aromatic carbocycles. The number of ether oxygens (including phenoxy) is 1. The van der Waals surface area contributed by atoms with Crippen molar-refractivity contribution >= 4 is 33.2 Å². The van der Waals surface area contributed by atoms with Crippen LogP contribution in [0.25, 0.3) is 11.0 Å². The van der Waals surface area contributed by atoms with Gasteiger partial charge in [-0.2, -0.15) is 5.26 Å². The Bertz CT molecular complexity index is 1290. The predicted octanol–water partition coefficient (Wildman–Crippen LogP) is 5.65. The van der Waals surface area contributed by atoms with Crippen molar-refractivity contribution in [3.05, 3.63) is 51.4 Å². The van der Waals surface area contributed by atoms with E-state index in [1.807, 2.05) is 19.1 Å². The maximum atomic E-state index is 13.1. The first-order valence-electron chi connectivity index (χ1n) is 10.8. The van der Waals surface area contributed by atoms with Crippen LogP contribution in [-0.4, -0.2) is 12.5 Å². The summed E-state index contributed by atoms with van der Waals surface area (Å²) in [4.78, 5) is 14.2. The van der Waals surface area contributed by atoms with E-state index in [0.29, 0.717) is 39.8 Å². The molecule has 7 heteroatoms. The van der Waals surface area contributed by atoms with Gasteiger partial charge in [-0.05, 0) is 55.2 Å². The fourth-order valence-corrected chi connectivity index (χ4v) is 5.55. The summed E-state index contributed by atoms with van der Waals surface area (Å²) in [6, 6.07) is 9.33. The molecule has 6 nitrogen and oxygen atoms in total. The SMILES string of the molecule is CCOc1cccc2cc(C(=O)Nc3sc4c(c3C#N)CCC(C(C)(C)C)C4)c(=N)oc12. The summed E-state index contributed by atoms with van der Waals surface area (Å²) >= 11 is 1.48. The van der Waals surface area contributed by atoms with Gasteiger partial charge in [0.2, 0.25) is 5.55 Å². The number of amides is 1. The molecule has 1 aliphatic carbocycles. The zero-order valence-electron chi connectivity index (χ0n) is 18.8. The molecule has 1 aliphatic rings. The van der Waals surface area contributed by atoms with E-state index in [4.69, 9.17) is 14.6 Å². The molecule has 1 unspecified atom stereocenters. The van der Waals surface area contributed by atoms with Crippen molar-refractivity contribution in [1.82, 2.24) is 0 Å². The van der Waals surface area contributed by atoms with Crippen LogP contribution in [0.5, 0.6) is 5.75 Å². The van der Waals surface area contributed by atoms with Gasteiger partial charge in [-0.15, -0.1) is 11.3 Å². The lowest BCUT2D eigenvalue weighted by molar-refractivity contribution is 0.102. The Balaban J connectivity index is 1.66. The zero-order valence-corrected chi connectivity index (χ0v) is 19.6. The second kappa shape index (κ2) is 8.44. The predicted molar refractivity (Wildman–Crippen MR) is 125 cm³/mol. The highest BCUT2D eigenvalue weighted by molar-refractivity contribution is 7.16. The molecule has 0 saturated carbocycles. The summed E-state index contributed by atoms with van der Waals surface area (Å²) in [6.45, 7) is 9.10. The summed E-state index contributed by atoms with van der Waals surface area (Å²) in [5.41, 5.74) is 2.13. The summed E-state index contributed by atoms with van der Waals surface area (Å²) in [5.74, 6) is 0.629. The van der Waals surface area contributed by atoms with Gasteiger partial charge in [0.1, 0.15) is 16.6 Å². The number of nitrogens with one attached hydrogen (secondary N) is 2. The van der Waals surface area contributed by atoms with E-state index in [-0.39, 0.29) is 16.5 Å². The van der Waals surface area contributed by atoms with Crippen molar-refractivity contribution in [1.29, 1.82) is 10.7 Å². The van der Waals surface area contributed by atoms with E-state index in [9.17, 15) is 10.1 Å². The molecule has 0 aliphatic heterocycles. The number of para-hydroxylation sites is 1. The molecule has 4 rings (SSSR count). The third-order valence-electron chi connectivity index (χ3n) is 6.13. The van der Waals surface area contributed by atoms with Gasteiger partial charge in [0.15, 0.2) is 11.3 Å². The van der Waals surface area contributed by atoms with Crippen LogP contribution >= 0.6 is 11.3 Å². The number of nitriles is 1. The summed E-state index contributed by atoms with van der Waals surface area (Å²) < 4.78 is 11.2. The number of anilines is 1. The number of carbonyl (C=O) groups is 1. The first-order chi connectivity index (χ1) is 15.2. The van der Waals surface area contributed by atoms with Crippen molar-refractivity contribution in [3.63, 3.8) is 0 Å². The van der Waals surface area contributed by atoms with Gasteiger partial charge in [0, 0.05) is 10.3 Å². The Kier molecular flexibility index (Phi) is 5.83. The monoisotopic (exact) mass is 449 g/mol. The Morgan fingerprint density at radius 1 is 1.41 bits per heavy atom. The molecule has 0 fully saturated rings. The lowest BCUT2D eigenvalue weighted by Gasteiger charge is -2.33. The van der Waals surface area contributed by atoms with Crippen molar-refractivity contribution < 1.29 is 13.9 Å². The van der Waals surface area contributed by atoms with Crippen LogP contribution in [0.2, 0.25) is 0 Å². The molecular formula is C25H27N3O3S. The topological polar surface area (TPSA) is 99.1 Å². The Morgan fingerprint density at radius 3 is 2.88 bits per heavy atom. The van der Waals surface area contributed by atoms with Gasteiger partial charge in [-0.3, -0.25) is 10.2 Å². The number of hydrogen-bond donors (Lipinski definition) is 2. The van der Waals surface area contributed by atoms with Gasteiger partial charge in [0.05, 0.1) is 12.2 Å². The van der Waals surface area contributed by atoms with Gasteiger partial charge < -0.3 is 14.5 Å². The number of hydrogen-bond acceptors (Lipinski definition) is 6. The average Bonchev–Trinajstić information content (AvgIpc) is 3.09. The Hall–Kier alpha value is -3.11. The fraction of sp³-hybridized carbons (Fsp3) is 0.400. The number of benzene rings is 1. The fourth-order valence-electron chi connectivity index (χ4n) is 4.27. The number of carbonyl (C=O) groups excluding carboxylic acids is 1. The highest BCUT2D eigenvalue weighted by Gasteiger charge is 2.32. The van der Waals surface area contributed by atoms with E-state index in [1.165, 1.54) is 16.2 Å². The lowest BCUT2D eigenvalue weighted by Crippen LogP contribution is -2.26. The minimum atomic E-state index is -0.454. The molecular weight excluding hydrogens is 422 g/mol. The molecule has 0 saturated heterocycles. The molecule has 0 radical (unpaired) electrons. The third-order valence-corrected chi connectivity index (χ3v) is 7.30.